The van der Waals surface area contributed by atoms with Crippen LogP contribution in [-0.4, -0.2) is 25.0 Å². The molecule has 2 fully saturated rings. The average molecular weight is 647 g/mol. The Balaban J connectivity index is 0.00000105. The number of methoxy groups -OCH3 is 2. The Hall–Kier alpha value is -1.83. The van der Waals surface area contributed by atoms with Crippen molar-refractivity contribution in [3.8, 4) is 11.5 Å². The second-order valence-electron chi connectivity index (χ2n) is 11.8. The summed E-state index contributed by atoms with van der Waals surface area (Å²) < 4.78 is 11.4. The van der Waals surface area contributed by atoms with Crippen LogP contribution in [0.25, 0.3) is 0 Å². The maximum atomic E-state index is 11.7. The third-order valence-corrected chi connectivity index (χ3v) is 11.8. The quantitative estimate of drug-likeness (QED) is 0.158. The van der Waals surface area contributed by atoms with E-state index in [-0.39, 0.29) is 37.8 Å². The van der Waals surface area contributed by atoms with E-state index in [2.05, 4.69) is 77.1 Å². The molecule has 3 nitrogen and oxygen atoms in total. The van der Waals surface area contributed by atoms with E-state index in [1.165, 1.54) is 70.5 Å². The summed E-state index contributed by atoms with van der Waals surface area (Å²) in [5.74, 6) is 2.16. The van der Waals surface area contributed by atoms with Gasteiger partial charge in [0.25, 0.3) is 0 Å². The van der Waals surface area contributed by atoms with E-state index in [0.717, 1.165) is 36.3 Å². The molecule has 3 aromatic rings. The van der Waals surface area contributed by atoms with Gasteiger partial charge in [-0.2, -0.15) is 0 Å². The molecular weight excluding hydrogens is 591 g/mol. The van der Waals surface area contributed by atoms with Crippen molar-refractivity contribution in [2.45, 2.75) is 97.7 Å². The molecule has 0 amide bonds. The van der Waals surface area contributed by atoms with Gasteiger partial charge < -0.3 is 29.4 Å². The van der Waals surface area contributed by atoms with Crippen LogP contribution in [0.3, 0.4) is 0 Å². The standard InChI is InChI=1S/C31H39O3P.C5H10.2CH3.Fe/c1-19-11-8-9-12-26(19)29(32)27-13-10-14-28(27)35(24-15-20(2)30(33-6)21(3)16-24)25-17-22(4)31(34-7)23(5)18-25;1-2-4-5-3-1;;;/h8-9,11-12,15-18,27-29,32H,10,13-14H2,1-7H3;1-5H2;2*1H3;/q;;2*-1;+2/t27?,28?,29-;;;;/m0..../s1. The minimum Gasteiger partial charge on any atom is -0.496 e. The molecule has 0 saturated heterocycles. The van der Waals surface area contributed by atoms with E-state index in [1.54, 1.807) is 14.2 Å². The molecule has 0 spiro atoms. The summed E-state index contributed by atoms with van der Waals surface area (Å²) in [6.07, 6.45) is 10.4. The molecule has 2 aliphatic rings. The average Bonchev–Trinajstić information content (AvgIpc) is 3.65. The molecule has 3 atom stereocenters. The number of benzene rings is 3. The summed E-state index contributed by atoms with van der Waals surface area (Å²) in [4.78, 5) is 0. The van der Waals surface area contributed by atoms with E-state index in [9.17, 15) is 5.11 Å². The Morgan fingerprint density at radius 3 is 1.47 bits per heavy atom. The molecule has 43 heavy (non-hydrogen) atoms. The van der Waals surface area contributed by atoms with Gasteiger partial charge in [-0.1, -0.05) is 62.8 Å². The zero-order valence-electron chi connectivity index (χ0n) is 28.1. The smallest absolute Gasteiger partial charge is 0.496 e. The van der Waals surface area contributed by atoms with Gasteiger partial charge in [-0.3, -0.25) is 0 Å². The van der Waals surface area contributed by atoms with Crippen molar-refractivity contribution in [3.05, 3.63) is 96.8 Å². The third kappa shape index (κ3) is 9.11. The number of aliphatic hydroxyl groups is 1. The normalized spacial score (nSPS) is 18.0. The van der Waals surface area contributed by atoms with Gasteiger partial charge in [0.05, 0.1) is 20.3 Å². The predicted molar refractivity (Wildman–Crippen MR) is 184 cm³/mol. The molecule has 1 N–H and O–H groups in total. The Morgan fingerprint density at radius 2 is 1.07 bits per heavy atom. The van der Waals surface area contributed by atoms with Crippen LogP contribution in [0.15, 0.2) is 48.5 Å². The fraction of sp³-hybridized carbons (Fsp3) is 0.474. The number of rotatable bonds is 7. The SMILES string of the molecule is C1CCCC1.COc1c(C)cc(P(c2cc(C)c(OC)c(C)c2)C2CCCC2[C@@H](O)c2ccccc2C)cc1C.[CH3-].[CH3-].[Fe+2]. The summed E-state index contributed by atoms with van der Waals surface area (Å²) in [7, 11) is 2.80. The summed E-state index contributed by atoms with van der Waals surface area (Å²) in [6.45, 7) is 10.7. The number of hydrogen-bond donors (Lipinski definition) is 1. The van der Waals surface area contributed by atoms with Crippen molar-refractivity contribution in [1.82, 2.24) is 0 Å². The minimum absolute atomic E-state index is 0. The molecule has 5 rings (SSSR count). The molecule has 3 aromatic carbocycles. The predicted octanol–water partition coefficient (Wildman–Crippen LogP) is 9.43. The van der Waals surface area contributed by atoms with Crippen molar-refractivity contribution >= 4 is 18.5 Å². The van der Waals surface area contributed by atoms with Crippen molar-refractivity contribution in [3.63, 3.8) is 0 Å². The molecular formula is C38H55FeO3P. The zero-order valence-corrected chi connectivity index (χ0v) is 30.1. The van der Waals surface area contributed by atoms with Gasteiger partial charge in [-0.25, -0.2) is 0 Å². The van der Waals surface area contributed by atoms with Gasteiger partial charge in [0, 0.05) is 0 Å². The molecule has 0 bridgehead atoms. The molecule has 5 heteroatoms. The first-order valence-corrected chi connectivity index (χ1v) is 16.5. The van der Waals surface area contributed by atoms with Gasteiger partial charge in [-0.15, -0.1) is 0 Å². The Labute approximate surface area is 275 Å². The van der Waals surface area contributed by atoms with Crippen LogP contribution < -0.4 is 20.1 Å². The Bertz CT molecular complexity index is 1170. The van der Waals surface area contributed by atoms with Crippen LogP contribution in [0.1, 0.15) is 90.9 Å². The zero-order chi connectivity index (χ0) is 28.8. The van der Waals surface area contributed by atoms with Gasteiger partial charge in [0.1, 0.15) is 11.5 Å². The van der Waals surface area contributed by atoms with Gasteiger partial charge >= 0.3 is 17.1 Å². The van der Waals surface area contributed by atoms with Crippen LogP contribution in [0.4, 0.5) is 0 Å². The fourth-order valence-corrected chi connectivity index (χ4v) is 10.5. The van der Waals surface area contributed by atoms with Crippen LogP contribution in [0, 0.1) is 55.4 Å². The molecule has 2 saturated carbocycles. The van der Waals surface area contributed by atoms with Crippen LogP contribution >= 0.6 is 7.92 Å². The summed E-state index contributed by atoms with van der Waals surface area (Å²) in [5.41, 5.74) is 7.33. The monoisotopic (exact) mass is 646 g/mol. The van der Waals surface area contributed by atoms with Gasteiger partial charge in [-0.05, 0) is 135 Å². The Morgan fingerprint density at radius 1 is 0.651 bits per heavy atom. The van der Waals surface area contributed by atoms with Crippen molar-refractivity contribution in [2.75, 3.05) is 14.2 Å². The first-order chi connectivity index (χ1) is 19.3. The molecule has 2 aliphatic carbocycles. The first kappa shape index (κ1) is 39.2. The molecule has 0 heterocycles. The van der Waals surface area contributed by atoms with Crippen molar-refractivity contribution in [2.24, 2.45) is 5.92 Å². The molecule has 2 unspecified atom stereocenters. The summed E-state index contributed by atoms with van der Waals surface area (Å²) in [6, 6.07) is 17.6. The van der Waals surface area contributed by atoms with E-state index in [4.69, 9.17) is 9.47 Å². The fourth-order valence-electron chi connectivity index (χ4n) is 7.00. The number of hydrogen-bond acceptors (Lipinski definition) is 3. The third-order valence-electron chi connectivity index (χ3n) is 8.88. The number of aryl methyl sites for hydroxylation is 5. The van der Waals surface area contributed by atoms with Crippen molar-refractivity contribution < 1.29 is 31.6 Å². The molecule has 0 radical (unpaired) electrons. The second kappa shape index (κ2) is 18.2. The molecule has 238 valence electrons. The van der Waals surface area contributed by atoms with Gasteiger partial charge in [0.15, 0.2) is 0 Å². The summed E-state index contributed by atoms with van der Waals surface area (Å²) in [5, 5.41) is 14.4. The van der Waals surface area contributed by atoms with E-state index < -0.39 is 14.0 Å². The van der Waals surface area contributed by atoms with Crippen molar-refractivity contribution in [1.29, 1.82) is 0 Å². The number of ether oxygens (including phenoxy) is 2. The maximum Gasteiger partial charge on any atom is 2.00 e. The molecule has 0 aromatic heterocycles. The number of aliphatic hydroxyl groups excluding tert-OH is 1. The first-order valence-electron chi connectivity index (χ1n) is 15.1. The van der Waals surface area contributed by atoms with E-state index in [0.29, 0.717) is 5.66 Å². The van der Waals surface area contributed by atoms with Crippen LogP contribution in [0.2, 0.25) is 0 Å². The minimum atomic E-state index is -0.694. The molecule has 0 aliphatic heterocycles. The maximum absolute atomic E-state index is 11.7. The van der Waals surface area contributed by atoms with Crippen LogP contribution in [0.5, 0.6) is 11.5 Å². The van der Waals surface area contributed by atoms with E-state index in [1.807, 2.05) is 6.07 Å². The van der Waals surface area contributed by atoms with E-state index >= 15 is 0 Å². The summed E-state index contributed by atoms with van der Waals surface area (Å²) >= 11 is 0. The van der Waals surface area contributed by atoms with Gasteiger partial charge in [0.2, 0.25) is 0 Å². The second-order valence-corrected chi connectivity index (χ2v) is 14.3. The Kier molecular flexibility index (Phi) is 16.6. The largest absolute Gasteiger partial charge is 2.00 e. The topological polar surface area (TPSA) is 38.7 Å². The van der Waals surface area contributed by atoms with Crippen LogP contribution in [-0.2, 0) is 17.1 Å².